The maximum Gasteiger partial charge on any atom is 0.314 e. The molecule has 90 valence electrons. The minimum absolute atomic E-state index is 0.0160. The van der Waals surface area contributed by atoms with E-state index < -0.39 is 11.9 Å². The summed E-state index contributed by atoms with van der Waals surface area (Å²) in [7, 11) is 0. The van der Waals surface area contributed by atoms with Crippen LogP contribution in [0.2, 0.25) is 0 Å². The molecular formula is C14H13F3. The molecule has 0 aliphatic heterocycles. The van der Waals surface area contributed by atoms with Crippen LogP contribution in [0.15, 0.2) is 36.2 Å². The highest BCUT2D eigenvalue weighted by atomic mass is 19.3. The molecule has 0 aliphatic rings. The summed E-state index contributed by atoms with van der Waals surface area (Å²) in [6.45, 7) is 6.19. The summed E-state index contributed by atoms with van der Waals surface area (Å²) in [6.07, 6.45) is -2.39. The van der Waals surface area contributed by atoms with Crippen molar-refractivity contribution in [2.75, 3.05) is 0 Å². The molecule has 0 N–H and O–H groups in total. The fraction of sp³-hybridized carbons (Fsp3) is 0.286. The van der Waals surface area contributed by atoms with E-state index in [9.17, 15) is 13.2 Å². The largest absolute Gasteiger partial charge is 0.314 e. The zero-order chi connectivity index (χ0) is 13.1. The van der Waals surface area contributed by atoms with E-state index in [2.05, 4.69) is 26.7 Å². The quantitative estimate of drug-likeness (QED) is 0.587. The highest BCUT2D eigenvalue weighted by Crippen LogP contribution is 2.21. The Morgan fingerprint density at radius 1 is 1.00 bits per heavy atom. The van der Waals surface area contributed by atoms with Crippen LogP contribution in [0.25, 0.3) is 0 Å². The first-order valence-corrected chi connectivity index (χ1v) is 5.14. The third-order valence-electron chi connectivity index (χ3n) is 2.23. The molecule has 1 rings (SSSR count). The van der Waals surface area contributed by atoms with Crippen LogP contribution in [0.3, 0.4) is 0 Å². The molecule has 0 aromatic heterocycles. The van der Waals surface area contributed by atoms with Gasteiger partial charge >= 0.3 is 6.08 Å². The zero-order valence-corrected chi connectivity index (χ0v) is 9.94. The number of hydrogen-bond acceptors (Lipinski definition) is 0. The highest BCUT2D eigenvalue weighted by Gasteiger charge is 2.12. The van der Waals surface area contributed by atoms with Gasteiger partial charge in [-0.05, 0) is 29.0 Å². The first kappa shape index (κ1) is 13.4. The van der Waals surface area contributed by atoms with E-state index >= 15 is 0 Å². The molecule has 0 heterocycles. The van der Waals surface area contributed by atoms with Gasteiger partial charge in [-0.25, -0.2) is 0 Å². The van der Waals surface area contributed by atoms with Crippen molar-refractivity contribution in [2.24, 2.45) is 0 Å². The van der Waals surface area contributed by atoms with Crippen molar-refractivity contribution in [1.82, 2.24) is 0 Å². The van der Waals surface area contributed by atoms with Crippen molar-refractivity contribution >= 4 is 0 Å². The van der Waals surface area contributed by atoms with Gasteiger partial charge in [0.25, 0.3) is 0 Å². The Kier molecular flexibility index (Phi) is 4.01. The van der Waals surface area contributed by atoms with Crippen LogP contribution in [-0.4, -0.2) is 0 Å². The molecule has 1 aromatic rings. The summed E-state index contributed by atoms with van der Waals surface area (Å²) in [6, 6.07) is 7.10. The van der Waals surface area contributed by atoms with Gasteiger partial charge in [0, 0.05) is 5.56 Å². The monoisotopic (exact) mass is 238 g/mol. The van der Waals surface area contributed by atoms with E-state index in [4.69, 9.17) is 0 Å². The van der Waals surface area contributed by atoms with Gasteiger partial charge in [-0.2, -0.15) is 13.2 Å². The molecule has 0 fully saturated rings. The van der Waals surface area contributed by atoms with Crippen LogP contribution < -0.4 is 0 Å². The summed E-state index contributed by atoms with van der Waals surface area (Å²) in [5.41, 5.74) is 1.63. The molecule has 0 aliphatic carbocycles. The van der Waals surface area contributed by atoms with E-state index in [0.29, 0.717) is 5.56 Å². The number of hydrogen-bond donors (Lipinski definition) is 0. The average molecular weight is 238 g/mol. The van der Waals surface area contributed by atoms with Gasteiger partial charge in [-0.15, -0.1) is 0 Å². The normalized spacial score (nSPS) is 10.5. The van der Waals surface area contributed by atoms with Crippen LogP contribution in [-0.2, 0) is 5.41 Å². The highest BCUT2D eigenvalue weighted by molar-refractivity contribution is 5.41. The number of allylic oxidation sites excluding steroid dienone is 1. The predicted molar refractivity (Wildman–Crippen MR) is 62.4 cm³/mol. The molecule has 0 saturated heterocycles. The lowest BCUT2D eigenvalue weighted by atomic mass is 9.87. The van der Waals surface area contributed by atoms with Crippen LogP contribution in [0.1, 0.15) is 31.9 Å². The van der Waals surface area contributed by atoms with Gasteiger partial charge < -0.3 is 0 Å². The number of halogens is 3. The molecule has 0 radical (unpaired) electrons. The van der Waals surface area contributed by atoms with Crippen LogP contribution >= 0.6 is 0 Å². The van der Waals surface area contributed by atoms with Crippen molar-refractivity contribution in [3.63, 3.8) is 0 Å². The van der Waals surface area contributed by atoms with Crippen molar-refractivity contribution in [2.45, 2.75) is 26.2 Å². The lowest BCUT2D eigenvalue weighted by molar-refractivity contribution is 0.389. The Bertz CT molecular complexity index is 475. The average Bonchev–Trinajstić information content (AvgIpc) is 2.25. The third-order valence-corrected chi connectivity index (χ3v) is 2.23. The van der Waals surface area contributed by atoms with E-state index in [-0.39, 0.29) is 5.41 Å². The van der Waals surface area contributed by atoms with Gasteiger partial charge in [-0.1, -0.05) is 38.8 Å². The van der Waals surface area contributed by atoms with Crippen molar-refractivity contribution in [3.05, 3.63) is 47.3 Å². The molecule has 3 heteroatoms. The van der Waals surface area contributed by atoms with Gasteiger partial charge in [0.1, 0.15) is 0 Å². The second-order valence-corrected chi connectivity index (χ2v) is 4.65. The van der Waals surface area contributed by atoms with E-state index in [1.54, 1.807) is 18.1 Å². The topological polar surface area (TPSA) is 0 Å². The minimum atomic E-state index is -2.39. The fourth-order valence-corrected chi connectivity index (χ4v) is 1.23. The summed E-state index contributed by atoms with van der Waals surface area (Å²) in [4.78, 5) is 0. The van der Waals surface area contributed by atoms with E-state index in [1.165, 1.54) is 0 Å². The summed E-state index contributed by atoms with van der Waals surface area (Å²) in [5, 5.41) is 0. The SMILES string of the molecule is CC(C)(C)c1ccc(C#CC(F)=C(F)F)cc1. The predicted octanol–water partition coefficient (Wildman–Crippen LogP) is 4.41. The van der Waals surface area contributed by atoms with E-state index in [0.717, 1.165) is 5.56 Å². The molecule has 0 bridgehead atoms. The fourth-order valence-electron chi connectivity index (χ4n) is 1.23. The molecular weight excluding hydrogens is 225 g/mol. The van der Waals surface area contributed by atoms with Crippen LogP contribution in [0.5, 0.6) is 0 Å². The lowest BCUT2D eigenvalue weighted by Crippen LogP contribution is -2.10. The lowest BCUT2D eigenvalue weighted by Gasteiger charge is -2.18. The van der Waals surface area contributed by atoms with Gasteiger partial charge in [-0.3, -0.25) is 0 Å². The first-order chi connectivity index (χ1) is 7.80. The minimum Gasteiger partial charge on any atom is -0.191 e. The smallest absolute Gasteiger partial charge is 0.191 e. The Labute approximate surface area is 99.2 Å². The van der Waals surface area contributed by atoms with E-state index in [1.807, 2.05) is 12.1 Å². The zero-order valence-electron chi connectivity index (χ0n) is 9.94. The Morgan fingerprint density at radius 3 is 1.94 bits per heavy atom. The van der Waals surface area contributed by atoms with Gasteiger partial charge in [0.15, 0.2) is 0 Å². The standard InChI is InChI=1S/C14H13F3/c1-14(2,3)11-7-4-10(5-8-11)6-9-12(15)13(16)17/h4-5,7-8H,1-3H3. The summed E-state index contributed by atoms with van der Waals surface area (Å²) < 4.78 is 35.9. The first-order valence-electron chi connectivity index (χ1n) is 5.14. The Morgan fingerprint density at radius 2 is 1.53 bits per heavy atom. The molecule has 1 aromatic carbocycles. The van der Waals surface area contributed by atoms with Crippen LogP contribution in [0, 0.1) is 11.8 Å². The summed E-state index contributed by atoms with van der Waals surface area (Å²) in [5.74, 6) is 2.44. The maximum absolute atomic E-state index is 12.4. The van der Waals surface area contributed by atoms with Crippen molar-refractivity contribution in [3.8, 4) is 11.8 Å². The van der Waals surface area contributed by atoms with Crippen LogP contribution in [0.4, 0.5) is 13.2 Å². The molecule has 0 atom stereocenters. The third kappa shape index (κ3) is 3.99. The van der Waals surface area contributed by atoms with Crippen molar-refractivity contribution in [1.29, 1.82) is 0 Å². The van der Waals surface area contributed by atoms with Gasteiger partial charge in [0.2, 0.25) is 5.83 Å². The Hall–Kier alpha value is -1.69. The van der Waals surface area contributed by atoms with Gasteiger partial charge in [0.05, 0.1) is 0 Å². The number of rotatable bonds is 0. The molecule has 0 nitrogen and oxygen atoms in total. The second-order valence-electron chi connectivity index (χ2n) is 4.65. The molecule has 0 unspecified atom stereocenters. The summed E-state index contributed by atoms with van der Waals surface area (Å²) >= 11 is 0. The maximum atomic E-state index is 12.4. The molecule has 17 heavy (non-hydrogen) atoms. The number of benzene rings is 1. The second kappa shape index (κ2) is 5.09. The Balaban J connectivity index is 2.94. The molecule has 0 saturated carbocycles. The van der Waals surface area contributed by atoms with Crippen molar-refractivity contribution < 1.29 is 13.2 Å². The molecule has 0 spiro atoms. The molecule has 0 amide bonds.